The van der Waals surface area contributed by atoms with E-state index < -0.39 is 0 Å². The second-order valence-electron chi connectivity index (χ2n) is 4.57. The Bertz CT molecular complexity index is 141. The molecule has 1 heterocycles. The van der Waals surface area contributed by atoms with Crippen LogP contribution in [0.5, 0.6) is 0 Å². The average Bonchev–Trinajstić information content (AvgIpc) is 2.01. The van der Waals surface area contributed by atoms with Crippen molar-refractivity contribution in [2.45, 2.75) is 33.1 Å². The molecule has 0 atom stereocenters. The van der Waals surface area contributed by atoms with Crippen LogP contribution in [-0.2, 0) is 4.74 Å². The third-order valence-corrected chi connectivity index (χ3v) is 3.45. The largest absolute Gasteiger partial charge is 0.385 e. The molecule has 0 aromatic rings. The van der Waals surface area contributed by atoms with E-state index in [0.29, 0.717) is 5.41 Å². The molecule has 1 aliphatic rings. The quantitative estimate of drug-likeness (QED) is 0.639. The van der Waals surface area contributed by atoms with Crippen LogP contribution in [0.2, 0.25) is 0 Å². The fourth-order valence-electron chi connectivity index (χ4n) is 2.04. The van der Waals surface area contributed by atoms with E-state index in [1.165, 1.54) is 32.4 Å². The van der Waals surface area contributed by atoms with Gasteiger partial charge in [0, 0.05) is 26.8 Å². The molecule has 2 heteroatoms. The second kappa shape index (κ2) is 4.97. The van der Waals surface area contributed by atoms with Crippen LogP contribution in [0.3, 0.4) is 0 Å². The van der Waals surface area contributed by atoms with Crippen LogP contribution in [-0.4, -0.2) is 26.8 Å². The molecule has 0 aromatic carbocycles. The summed E-state index contributed by atoms with van der Waals surface area (Å²) in [6.07, 6.45) is 3.89. The first-order valence-corrected chi connectivity index (χ1v) is 5.41. The van der Waals surface area contributed by atoms with E-state index in [-0.39, 0.29) is 0 Å². The zero-order valence-electron chi connectivity index (χ0n) is 9.23. The van der Waals surface area contributed by atoms with Crippen LogP contribution in [0.1, 0.15) is 33.1 Å². The zero-order valence-corrected chi connectivity index (χ0v) is 9.23. The average molecular weight is 185 g/mol. The molecule has 0 spiro atoms. The lowest BCUT2D eigenvalue weighted by molar-refractivity contribution is 0.0796. The number of unbranched alkanes of at least 4 members (excludes halogenated alkanes) is 1. The molecule has 1 fully saturated rings. The van der Waals surface area contributed by atoms with Gasteiger partial charge in [0.25, 0.3) is 0 Å². The molecule has 0 aromatic heterocycles. The van der Waals surface area contributed by atoms with Gasteiger partial charge in [-0.3, -0.25) is 0 Å². The summed E-state index contributed by atoms with van der Waals surface area (Å²) in [7, 11) is 1.78. The molecule has 0 unspecified atom stereocenters. The SMILES string of the molecule is COCCCCC1(C(C)C)CNC1. The first kappa shape index (κ1) is 11.0. The van der Waals surface area contributed by atoms with Gasteiger partial charge in [-0.25, -0.2) is 0 Å². The van der Waals surface area contributed by atoms with Gasteiger partial charge in [-0.15, -0.1) is 0 Å². The molecular weight excluding hydrogens is 162 g/mol. The minimum absolute atomic E-state index is 0.605. The van der Waals surface area contributed by atoms with E-state index in [1.807, 2.05) is 0 Å². The van der Waals surface area contributed by atoms with E-state index in [1.54, 1.807) is 7.11 Å². The summed E-state index contributed by atoms with van der Waals surface area (Å²) >= 11 is 0. The fourth-order valence-corrected chi connectivity index (χ4v) is 2.04. The molecule has 78 valence electrons. The molecule has 0 radical (unpaired) electrons. The molecule has 1 aliphatic heterocycles. The topological polar surface area (TPSA) is 21.3 Å². The summed E-state index contributed by atoms with van der Waals surface area (Å²) < 4.78 is 5.05. The lowest BCUT2D eigenvalue weighted by Crippen LogP contribution is -2.56. The van der Waals surface area contributed by atoms with Crippen LogP contribution in [0.15, 0.2) is 0 Å². The molecule has 0 amide bonds. The van der Waals surface area contributed by atoms with Gasteiger partial charge in [-0.1, -0.05) is 20.3 Å². The lowest BCUT2D eigenvalue weighted by atomic mass is 9.69. The number of methoxy groups -OCH3 is 1. The lowest BCUT2D eigenvalue weighted by Gasteiger charge is -2.46. The summed E-state index contributed by atoms with van der Waals surface area (Å²) in [5, 5.41) is 3.39. The molecule has 1 N–H and O–H groups in total. The van der Waals surface area contributed by atoms with Gasteiger partial charge < -0.3 is 10.1 Å². The highest BCUT2D eigenvalue weighted by atomic mass is 16.5. The summed E-state index contributed by atoms with van der Waals surface area (Å²) in [4.78, 5) is 0. The van der Waals surface area contributed by atoms with Gasteiger partial charge in [0.1, 0.15) is 0 Å². The number of rotatable bonds is 6. The first-order chi connectivity index (χ1) is 6.21. The summed E-state index contributed by atoms with van der Waals surface area (Å²) in [6, 6.07) is 0. The number of ether oxygens (including phenoxy) is 1. The highest BCUT2D eigenvalue weighted by Crippen LogP contribution is 2.36. The molecule has 0 bridgehead atoms. The Morgan fingerprint density at radius 2 is 2.00 bits per heavy atom. The van der Waals surface area contributed by atoms with Crippen molar-refractivity contribution in [3.63, 3.8) is 0 Å². The summed E-state index contributed by atoms with van der Waals surface area (Å²) in [6.45, 7) is 8.05. The summed E-state index contributed by atoms with van der Waals surface area (Å²) in [5.74, 6) is 0.816. The maximum Gasteiger partial charge on any atom is 0.0462 e. The second-order valence-corrected chi connectivity index (χ2v) is 4.57. The highest BCUT2D eigenvalue weighted by Gasteiger charge is 2.38. The molecule has 13 heavy (non-hydrogen) atoms. The third-order valence-electron chi connectivity index (χ3n) is 3.45. The van der Waals surface area contributed by atoms with E-state index in [9.17, 15) is 0 Å². The van der Waals surface area contributed by atoms with Crippen molar-refractivity contribution in [1.82, 2.24) is 5.32 Å². The Morgan fingerprint density at radius 1 is 1.31 bits per heavy atom. The Labute approximate surface area is 82.0 Å². The van der Waals surface area contributed by atoms with Crippen molar-refractivity contribution in [2.24, 2.45) is 11.3 Å². The Hall–Kier alpha value is -0.0800. The predicted octanol–water partition coefficient (Wildman–Crippen LogP) is 2.05. The van der Waals surface area contributed by atoms with Gasteiger partial charge >= 0.3 is 0 Å². The van der Waals surface area contributed by atoms with Gasteiger partial charge in [0.15, 0.2) is 0 Å². The fraction of sp³-hybridized carbons (Fsp3) is 1.00. The molecule has 1 rings (SSSR count). The van der Waals surface area contributed by atoms with Crippen molar-refractivity contribution in [2.75, 3.05) is 26.8 Å². The predicted molar refractivity (Wildman–Crippen MR) is 55.9 cm³/mol. The van der Waals surface area contributed by atoms with Gasteiger partial charge in [0.2, 0.25) is 0 Å². The van der Waals surface area contributed by atoms with E-state index in [0.717, 1.165) is 12.5 Å². The molecule has 0 saturated carbocycles. The maximum atomic E-state index is 5.05. The van der Waals surface area contributed by atoms with Crippen LogP contribution < -0.4 is 5.32 Å². The van der Waals surface area contributed by atoms with Gasteiger partial charge in [-0.05, 0) is 24.2 Å². The van der Waals surface area contributed by atoms with Crippen LogP contribution in [0.25, 0.3) is 0 Å². The van der Waals surface area contributed by atoms with E-state index in [2.05, 4.69) is 19.2 Å². The minimum Gasteiger partial charge on any atom is -0.385 e. The van der Waals surface area contributed by atoms with Crippen molar-refractivity contribution in [3.8, 4) is 0 Å². The molecule has 1 saturated heterocycles. The van der Waals surface area contributed by atoms with Gasteiger partial charge in [0.05, 0.1) is 0 Å². The normalized spacial score (nSPS) is 20.3. The standard InChI is InChI=1S/C11H23NO/c1-10(2)11(8-12-9-11)6-4-5-7-13-3/h10,12H,4-9H2,1-3H3. The van der Waals surface area contributed by atoms with Crippen LogP contribution in [0.4, 0.5) is 0 Å². The zero-order chi connectivity index (χ0) is 9.73. The third kappa shape index (κ3) is 2.68. The first-order valence-electron chi connectivity index (χ1n) is 5.41. The number of nitrogens with one attached hydrogen (secondary N) is 1. The van der Waals surface area contributed by atoms with Crippen molar-refractivity contribution < 1.29 is 4.74 Å². The van der Waals surface area contributed by atoms with E-state index >= 15 is 0 Å². The van der Waals surface area contributed by atoms with Gasteiger partial charge in [-0.2, -0.15) is 0 Å². The smallest absolute Gasteiger partial charge is 0.0462 e. The van der Waals surface area contributed by atoms with Crippen LogP contribution >= 0.6 is 0 Å². The van der Waals surface area contributed by atoms with Crippen LogP contribution in [0, 0.1) is 11.3 Å². The molecule has 2 nitrogen and oxygen atoms in total. The number of hydrogen-bond donors (Lipinski definition) is 1. The van der Waals surface area contributed by atoms with Crippen molar-refractivity contribution in [1.29, 1.82) is 0 Å². The minimum atomic E-state index is 0.605. The van der Waals surface area contributed by atoms with E-state index in [4.69, 9.17) is 4.74 Å². The Balaban J connectivity index is 2.17. The Morgan fingerprint density at radius 3 is 2.38 bits per heavy atom. The number of hydrogen-bond acceptors (Lipinski definition) is 2. The van der Waals surface area contributed by atoms with Crippen molar-refractivity contribution >= 4 is 0 Å². The maximum absolute atomic E-state index is 5.05. The molecule has 0 aliphatic carbocycles. The molecular formula is C11H23NO. The summed E-state index contributed by atoms with van der Waals surface area (Å²) in [5.41, 5.74) is 0.605. The monoisotopic (exact) mass is 185 g/mol. The van der Waals surface area contributed by atoms with Crippen molar-refractivity contribution in [3.05, 3.63) is 0 Å². The highest BCUT2D eigenvalue weighted by molar-refractivity contribution is 4.94. The Kier molecular flexibility index (Phi) is 4.20.